The molecule has 6 rings (SSSR count). The van der Waals surface area contributed by atoms with Gasteiger partial charge in [-0.05, 0) is 88.6 Å². The number of anilines is 2. The fourth-order valence-corrected chi connectivity index (χ4v) is 7.19. The van der Waals surface area contributed by atoms with Crippen LogP contribution in [0, 0.1) is 5.41 Å². The lowest BCUT2D eigenvalue weighted by Gasteiger charge is -2.47. The highest BCUT2D eigenvalue weighted by atomic mass is 19.4. The van der Waals surface area contributed by atoms with Gasteiger partial charge in [0.25, 0.3) is 0 Å². The quantitative estimate of drug-likeness (QED) is 0.476. The molecule has 1 saturated heterocycles. The topological polar surface area (TPSA) is 121 Å². The molecule has 1 aromatic heterocycles. The van der Waals surface area contributed by atoms with Gasteiger partial charge in [0, 0.05) is 30.5 Å². The monoisotopic (exact) mass is 641 g/mol. The lowest BCUT2D eigenvalue weighted by atomic mass is 9.67. The molecular weight excluding hydrogens is 603 g/mol. The predicted molar refractivity (Wildman–Crippen MR) is 162 cm³/mol. The summed E-state index contributed by atoms with van der Waals surface area (Å²) in [5.41, 5.74) is -1.08. The summed E-state index contributed by atoms with van der Waals surface area (Å²) in [5, 5.41) is 5.62. The molecule has 3 heterocycles. The first-order chi connectivity index (χ1) is 21.6. The van der Waals surface area contributed by atoms with Gasteiger partial charge in [-0.15, -0.1) is 0 Å². The van der Waals surface area contributed by atoms with Crippen molar-refractivity contribution in [3.05, 3.63) is 53.2 Å². The van der Waals surface area contributed by atoms with Gasteiger partial charge >= 0.3 is 12.3 Å². The standard InChI is InChI=1S/C33H38F3N5O5/c1-30(2,3)46-29(45)40-14-5-7-23(18-40)41(28(44)32(11-6-12-32)33(34,35)36)19-25(42)38-22-10-9-20-16-31(17-21(20)15-22)24-8-4-13-37-26(24)39-27(31)43/h4,8-10,13,15,23H,5-7,11-12,14,16-19H2,1-3H3,(H,38,42)(H,37,39,43)/t23-,31+/m0/s1. The first-order valence-corrected chi connectivity index (χ1v) is 15.7. The average Bonchev–Trinajstić information content (AvgIpc) is 3.46. The maximum atomic E-state index is 14.3. The predicted octanol–water partition coefficient (Wildman–Crippen LogP) is 4.97. The first-order valence-electron chi connectivity index (χ1n) is 15.7. The molecule has 246 valence electrons. The van der Waals surface area contributed by atoms with E-state index in [1.807, 2.05) is 12.1 Å². The smallest absolute Gasteiger partial charge is 0.410 e. The Labute approximate surface area is 265 Å². The Morgan fingerprint density at radius 2 is 1.85 bits per heavy atom. The minimum atomic E-state index is -4.77. The van der Waals surface area contributed by atoms with Gasteiger partial charge in [-0.25, -0.2) is 9.78 Å². The van der Waals surface area contributed by atoms with Crippen LogP contribution in [0.15, 0.2) is 36.5 Å². The van der Waals surface area contributed by atoms with Crippen molar-refractivity contribution in [1.29, 1.82) is 0 Å². The highest BCUT2D eigenvalue weighted by Crippen LogP contribution is 2.54. The van der Waals surface area contributed by atoms with E-state index in [1.54, 1.807) is 45.2 Å². The molecule has 2 aliphatic heterocycles. The van der Waals surface area contributed by atoms with Crippen molar-refractivity contribution in [2.75, 3.05) is 30.3 Å². The van der Waals surface area contributed by atoms with Gasteiger partial charge in [0.15, 0.2) is 0 Å². The Morgan fingerprint density at radius 3 is 2.52 bits per heavy atom. The number of rotatable bonds is 5. The number of nitrogens with zero attached hydrogens (tertiary/aromatic N) is 3. The second-order valence-electron chi connectivity index (χ2n) is 13.9. The zero-order valence-electron chi connectivity index (χ0n) is 26.1. The number of piperidine rings is 1. The number of amides is 4. The van der Waals surface area contributed by atoms with E-state index < -0.39 is 53.1 Å². The van der Waals surface area contributed by atoms with Crippen molar-refractivity contribution in [3.8, 4) is 0 Å². The van der Waals surface area contributed by atoms with Crippen LogP contribution in [0.4, 0.5) is 29.5 Å². The maximum absolute atomic E-state index is 14.3. The number of fused-ring (bicyclic) bond motifs is 3. The van der Waals surface area contributed by atoms with Crippen LogP contribution in [-0.2, 0) is 37.4 Å². The number of likely N-dealkylation sites (tertiary alicyclic amines) is 1. The van der Waals surface area contributed by atoms with E-state index >= 15 is 0 Å². The fourth-order valence-electron chi connectivity index (χ4n) is 7.19. The second-order valence-corrected chi connectivity index (χ2v) is 13.9. The van der Waals surface area contributed by atoms with Crippen LogP contribution in [0.25, 0.3) is 0 Å². The molecule has 2 atom stereocenters. The van der Waals surface area contributed by atoms with E-state index in [1.165, 1.54) is 4.90 Å². The Morgan fingerprint density at radius 1 is 1.11 bits per heavy atom. The van der Waals surface area contributed by atoms with Crippen LogP contribution in [0.3, 0.4) is 0 Å². The van der Waals surface area contributed by atoms with Crippen molar-refractivity contribution in [2.45, 2.75) is 89.0 Å². The number of ether oxygens (including phenoxy) is 1. The normalized spacial score (nSPS) is 23.2. The Kier molecular flexibility index (Phi) is 7.79. The van der Waals surface area contributed by atoms with Crippen LogP contribution in [0.2, 0.25) is 0 Å². The number of aromatic nitrogens is 1. The largest absolute Gasteiger partial charge is 0.444 e. The van der Waals surface area contributed by atoms with Crippen molar-refractivity contribution < 1.29 is 37.1 Å². The van der Waals surface area contributed by atoms with Gasteiger partial charge < -0.3 is 25.2 Å². The first kappa shape index (κ1) is 31.8. The molecule has 2 aromatic rings. The van der Waals surface area contributed by atoms with E-state index in [-0.39, 0.29) is 31.7 Å². The number of alkyl halides is 3. The van der Waals surface area contributed by atoms with E-state index in [4.69, 9.17) is 4.74 Å². The van der Waals surface area contributed by atoms with E-state index in [2.05, 4.69) is 15.6 Å². The summed E-state index contributed by atoms with van der Waals surface area (Å²) in [6.45, 7) is 4.83. The van der Waals surface area contributed by atoms with Crippen LogP contribution in [-0.4, -0.2) is 76.1 Å². The Balaban J connectivity index is 1.21. The molecule has 1 spiro atoms. The lowest BCUT2D eigenvalue weighted by molar-refractivity contribution is -0.249. The number of nitrogens with one attached hydrogen (secondary N) is 2. The van der Waals surface area contributed by atoms with Crippen LogP contribution in [0.1, 0.15) is 69.6 Å². The highest BCUT2D eigenvalue weighted by Gasteiger charge is 2.65. The lowest BCUT2D eigenvalue weighted by Crippen LogP contribution is -2.62. The molecule has 4 amide bonds. The minimum absolute atomic E-state index is 0.0405. The number of carbonyl (C=O) groups excluding carboxylic acids is 4. The van der Waals surface area contributed by atoms with Gasteiger partial charge in [-0.2, -0.15) is 13.2 Å². The van der Waals surface area contributed by atoms with E-state index in [0.29, 0.717) is 43.7 Å². The van der Waals surface area contributed by atoms with Crippen molar-refractivity contribution >= 4 is 35.3 Å². The van der Waals surface area contributed by atoms with Gasteiger partial charge in [0.1, 0.15) is 23.4 Å². The van der Waals surface area contributed by atoms with E-state index in [9.17, 15) is 32.3 Å². The van der Waals surface area contributed by atoms with Crippen LogP contribution in [0.5, 0.6) is 0 Å². The molecule has 2 aliphatic carbocycles. The molecule has 0 unspecified atom stereocenters. The molecule has 4 aliphatic rings. The minimum Gasteiger partial charge on any atom is -0.444 e. The summed E-state index contributed by atoms with van der Waals surface area (Å²) in [6, 6.07) is 8.15. The third kappa shape index (κ3) is 5.57. The summed E-state index contributed by atoms with van der Waals surface area (Å²) < 4.78 is 48.4. The van der Waals surface area contributed by atoms with Crippen LogP contribution < -0.4 is 10.6 Å². The SMILES string of the molecule is CC(C)(C)OC(=O)N1CCC[C@H](N(CC(=O)Nc2ccc3c(c2)C[C@@]2(C3)C(=O)Nc3ncccc32)C(=O)C2(C(F)(F)F)CCC2)C1. The van der Waals surface area contributed by atoms with Gasteiger partial charge in [0.2, 0.25) is 17.7 Å². The van der Waals surface area contributed by atoms with E-state index in [0.717, 1.165) is 21.6 Å². The molecular formula is C33H38F3N5O5. The number of halogens is 3. The summed E-state index contributed by atoms with van der Waals surface area (Å²) in [6.07, 6.45) is -2.54. The molecule has 0 bridgehead atoms. The second kappa shape index (κ2) is 11.3. The van der Waals surface area contributed by atoms with Crippen molar-refractivity contribution in [1.82, 2.24) is 14.8 Å². The summed E-state index contributed by atoms with van der Waals surface area (Å²) in [4.78, 5) is 59.8. The number of hydrogen-bond donors (Lipinski definition) is 2. The zero-order chi connectivity index (χ0) is 33.1. The molecule has 0 radical (unpaired) electrons. The summed E-state index contributed by atoms with van der Waals surface area (Å²) in [5.74, 6) is -1.39. The molecule has 46 heavy (non-hydrogen) atoms. The molecule has 13 heteroatoms. The number of carbonyl (C=O) groups is 4. The number of benzene rings is 1. The molecule has 1 saturated carbocycles. The number of pyridine rings is 1. The third-order valence-electron chi connectivity index (χ3n) is 9.69. The summed E-state index contributed by atoms with van der Waals surface area (Å²) >= 11 is 0. The summed E-state index contributed by atoms with van der Waals surface area (Å²) in [7, 11) is 0. The van der Waals surface area contributed by atoms with Gasteiger partial charge in [-0.1, -0.05) is 18.6 Å². The molecule has 2 N–H and O–H groups in total. The van der Waals surface area contributed by atoms with Crippen LogP contribution >= 0.6 is 0 Å². The van der Waals surface area contributed by atoms with Crippen molar-refractivity contribution in [2.24, 2.45) is 5.41 Å². The average molecular weight is 642 g/mol. The molecule has 10 nitrogen and oxygen atoms in total. The molecule has 2 fully saturated rings. The molecule has 1 aromatic carbocycles. The van der Waals surface area contributed by atoms with Gasteiger partial charge in [-0.3, -0.25) is 14.4 Å². The third-order valence-corrected chi connectivity index (χ3v) is 9.69. The highest BCUT2D eigenvalue weighted by molar-refractivity contribution is 6.06. The zero-order valence-corrected chi connectivity index (χ0v) is 26.1. The van der Waals surface area contributed by atoms with Gasteiger partial charge in [0.05, 0.1) is 11.5 Å². The fraction of sp³-hybridized carbons (Fsp3) is 0.545. The Bertz CT molecular complexity index is 1580. The van der Waals surface area contributed by atoms with Crippen molar-refractivity contribution in [3.63, 3.8) is 0 Å². The Hall–Kier alpha value is -4.16. The number of hydrogen-bond acceptors (Lipinski definition) is 6. The maximum Gasteiger partial charge on any atom is 0.410 e.